The lowest BCUT2D eigenvalue weighted by Crippen LogP contribution is -1.93. The van der Waals surface area contributed by atoms with E-state index < -0.39 is 0 Å². The van der Waals surface area contributed by atoms with E-state index in [9.17, 15) is 0 Å². The van der Waals surface area contributed by atoms with Gasteiger partial charge in [0.1, 0.15) is 0 Å². The molecule has 0 N–H and O–H groups in total. The van der Waals surface area contributed by atoms with Gasteiger partial charge in [-0.25, -0.2) is 4.98 Å². The van der Waals surface area contributed by atoms with Crippen molar-refractivity contribution in [2.24, 2.45) is 0 Å². The molecule has 1 aromatic heterocycles. The highest BCUT2D eigenvalue weighted by atomic mass is 14.7. The molecular weight excluding hydrogens is 350 g/mol. The second kappa shape index (κ2) is 6.15. The molecular formula is C28H19N. The maximum absolute atomic E-state index is 5.27. The van der Waals surface area contributed by atoms with Crippen LogP contribution in [0.4, 0.5) is 0 Å². The van der Waals surface area contributed by atoms with Crippen LogP contribution in [0.5, 0.6) is 0 Å². The second-order valence-electron chi connectivity index (χ2n) is 7.67. The number of aromatic nitrogens is 1. The number of benzene rings is 5. The highest BCUT2D eigenvalue weighted by Gasteiger charge is 2.15. The van der Waals surface area contributed by atoms with Gasteiger partial charge in [-0.15, -0.1) is 0 Å². The molecule has 0 fully saturated rings. The first kappa shape index (κ1) is 16.3. The zero-order valence-corrected chi connectivity index (χ0v) is 16.2. The maximum Gasteiger partial charge on any atom is 0.0794 e. The minimum Gasteiger partial charge on any atom is -0.246 e. The third kappa shape index (κ3) is 2.37. The average Bonchev–Trinajstić information content (AvgIpc) is 2.78. The molecule has 29 heavy (non-hydrogen) atoms. The fourth-order valence-corrected chi connectivity index (χ4v) is 4.55. The predicted molar refractivity (Wildman–Crippen MR) is 124 cm³/mol. The molecule has 1 heteroatoms. The van der Waals surface area contributed by atoms with E-state index >= 15 is 0 Å². The minimum absolute atomic E-state index is 1.06. The van der Waals surface area contributed by atoms with Crippen molar-refractivity contribution in [2.45, 2.75) is 6.92 Å². The molecule has 0 radical (unpaired) electrons. The second-order valence-corrected chi connectivity index (χ2v) is 7.67. The molecule has 1 nitrogen and oxygen atoms in total. The highest BCUT2D eigenvalue weighted by Crippen LogP contribution is 2.39. The van der Waals surface area contributed by atoms with Crippen molar-refractivity contribution in [3.63, 3.8) is 0 Å². The van der Waals surface area contributed by atoms with Gasteiger partial charge in [-0.05, 0) is 28.6 Å². The first-order valence-electron chi connectivity index (χ1n) is 10.0. The molecule has 0 amide bonds. The summed E-state index contributed by atoms with van der Waals surface area (Å²) in [5.41, 5.74) is 4.58. The predicted octanol–water partition coefficient (Wildman–Crippen LogP) is 7.67. The Morgan fingerprint density at radius 2 is 1.14 bits per heavy atom. The largest absolute Gasteiger partial charge is 0.246 e. The van der Waals surface area contributed by atoms with E-state index in [0.717, 1.165) is 11.2 Å². The Morgan fingerprint density at radius 1 is 0.517 bits per heavy atom. The Kier molecular flexibility index (Phi) is 3.45. The van der Waals surface area contributed by atoms with E-state index in [1.807, 2.05) is 0 Å². The Hall–Kier alpha value is -3.71. The van der Waals surface area contributed by atoms with Crippen molar-refractivity contribution in [1.82, 2.24) is 4.98 Å². The zero-order valence-electron chi connectivity index (χ0n) is 16.2. The number of rotatable bonds is 1. The van der Waals surface area contributed by atoms with Crippen LogP contribution in [0.3, 0.4) is 0 Å². The van der Waals surface area contributed by atoms with Crippen molar-refractivity contribution in [2.75, 3.05) is 0 Å². The summed E-state index contributed by atoms with van der Waals surface area (Å²) < 4.78 is 0. The van der Waals surface area contributed by atoms with Crippen molar-refractivity contribution in [1.29, 1.82) is 0 Å². The van der Waals surface area contributed by atoms with Gasteiger partial charge in [0.25, 0.3) is 0 Å². The van der Waals surface area contributed by atoms with Crippen molar-refractivity contribution < 1.29 is 0 Å². The topological polar surface area (TPSA) is 12.9 Å². The van der Waals surface area contributed by atoms with E-state index in [2.05, 4.69) is 104 Å². The molecule has 6 rings (SSSR count). The number of nitrogens with zero attached hydrogens (tertiary/aromatic N) is 1. The van der Waals surface area contributed by atoms with Crippen LogP contribution in [-0.2, 0) is 0 Å². The van der Waals surface area contributed by atoms with Gasteiger partial charge in [-0.2, -0.15) is 0 Å². The molecule has 0 saturated heterocycles. The molecule has 136 valence electrons. The average molecular weight is 369 g/mol. The molecule has 0 unspecified atom stereocenters. The van der Waals surface area contributed by atoms with E-state index in [1.54, 1.807) is 0 Å². The summed E-state index contributed by atoms with van der Waals surface area (Å²) in [5, 5.41) is 8.68. The summed E-state index contributed by atoms with van der Waals surface area (Å²) >= 11 is 0. The van der Waals surface area contributed by atoms with Crippen molar-refractivity contribution >= 4 is 43.2 Å². The zero-order chi connectivity index (χ0) is 19.4. The van der Waals surface area contributed by atoms with E-state index in [4.69, 9.17) is 4.98 Å². The molecule has 1 heterocycles. The lowest BCUT2D eigenvalue weighted by molar-refractivity contribution is 1.39. The fourth-order valence-electron chi connectivity index (χ4n) is 4.55. The molecule has 0 atom stereocenters. The molecule has 0 aliphatic carbocycles. The normalized spacial score (nSPS) is 11.6. The van der Waals surface area contributed by atoms with Crippen molar-refractivity contribution in [3.05, 3.63) is 103 Å². The Balaban J connectivity index is 1.93. The lowest BCUT2D eigenvalue weighted by Gasteiger charge is -2.15. The molecule has 0 saturated carbocycles. The van der Waals surface area contributed by atoms with Gasteiger partial charge in [0.2, 0.25) is 0 Å². The van der Waals surface area contributed by atoms with Crippen LogP contribution < -0.4 is 0 Å². The Morgan fingerprint density at radius 3 is 1.93 bits per heavy atom. The smallest absolute Gasteiger partial charge is 0.0794 e. The maximum atomic E-state index is 5.27. The van der Waals surface area contributed by atoms with Crippen LogP contribution in [0.25, 0.3) is 54.5 Å². The summed E-state index contributed by atoms with van der Waals surface area (Å²) in [5.74, 6) is 0. The number of fused-ring (bicyclic) bond motifs is 7. The summed E-state index contributed by atoms with van der Waals surface area (Å²) in [6.45, 7) is 2.16. The fraction of sp³-hybridized carbons (Fsp3) is 0.0357. The number of aryl methyl sites for hydroxylation is 1. The van der Waals surface area contributed by atoms with Gasteiger partial charge in [-0.3, -0.25) is 0 Å². The van der Waals surface area contributed by atoms with Gasteiger partial charge >= 0.3 is 0 Å². The first-order valence-corrected chi connectivity index (χ1v) is 10.0. The van der Waals surface area contributed by atoms with Gasteiger partial charge in [-0.1, -0.05) is 97.1 Å². The number of hydrogen-bond donors (Lipinski definition) is 0. The summed E-state index contributed by atoms with van der Waals surface area (Å²) in [4.78, 5) is 5.27. The van der Waals surface area contributed by atoms with Gasteiger partial charge in [0.05, 0.1) is 11.2 Å². The van der Waals surface area contributed by atoms with Gasteiger partial charge < -0.3 is 0 Å². The van der Waals surface area contributed by atoms with Gasteiger partial charge in [0, 0.05) is 27.1 Å². The van der Waals surface area contributed by atoms with Crippen LogP contribution in [0.2, 0.25) is 0 Å². The van der Waals surface area contributed by atoms with Crippen molar-refractivity contribution in [3.8, 4) is 11.3 Å². The van der Waals surface area contributed by atoms with E-state index in [1.165, 1.54) is 48.8 Å². The molecule has 0 aliphatic heterocycles. The third-order valence-corrected chi connectivity index (χ3v) is 5.98. The van der Waals surface area contributed by atoms with Crippen LogP contribution in [-0.4, -0.2) is 4.98 Å². The number of pyridine rings is 1. The summed E-state index contributed by atoms with van der Waals surface area (Å²) in [6, 6.07) is 34.6. The first-order chi connectivity index (χ1) is 14.3. The van der Waals surface area contributed by atoms with E-state index in [0.29, 0.717) is 0 Å². The molecule has 6 aromatic rings. The molecule has 5 aromatic carbocycles. The Labute approximate surface area is 169 Å². The Bertz CT molecular complexity index is 1560. The quantitative estimate of drug-likeness (QED) is 0.271. The SMILES string of the molecule is Cc1ccccc1-c1nc2c3ccccc3ccc2c2c1ccc1ccccc12. The number of hydrogen-bond acceptors (Lipinski definition) is 1. The molecule has 0 bridgehead atoms. The molecule has 0 spiro atoms. The summed E-state index contributed by atoms with van der Waals surface area (Å²) in [7, 11) is 0. The molecule has 0 aliphatic rings. The van der Waals surface area contributed by atoms with Gasteiger partial charge in [0.15, 0.2) is 0 Å². The third-order valence-electron chi connectivity index (χ3n) is 5.98. The summed E-state index contributed by atoms with van der Waals surface area (Å²) in [6.07, 6.45) is 0. The monoisotopic (exact) mass is 369 g/mol. The van der Waals surface area contributed by atoms with Crippen LogP contribution in [0.15, 0.2) is 97.1 Å². The minimum atomic E-state index is 1.06. The van der Waals surface area contributed by atoms with Crippen LogP contribution in [0, 0.1) is 6.92 Å². The van der Waals surface area contributed by atoms with Crippen LogP contribution >= 0.6 is 0 Å². The van der Waals surface area contributed by atoms with Crippen LogP contribution in [0.1, 0.15) is 5.56 Å². The lowest BCUT2D eigenvalue weighted by atomic mass is 9.93. The highest BCUT2D eigenvalue weighted by molar-refractivity contribution is 6.25. The van der Waals surface area contributed by atoms with E-state index in [-0.39, 0.29) is 0 Å². The standard InChI is InChI=1S/C28H19N/c1-18-8-2-5-11-21(18)27-24-16-14-19-9-3-6-12-22(19)26(24)25-17-15-20-10-4-7-13-23(20)28(25)29-27/h2-17H,1H3.